The van der Waals surface area contributed by atoms with E-state index in [4.69, 9.17) is 14.3 Å². The van der Waals surface area contributed by atoms with Gasteiger partial charge in [0.25, 0.3) is 5.91 Å². The lowest BCUT2D eigenvalue weighted by atomic mass is 10.2. The van der Waals surface area contributed by atoms with Gasteiger partial charge in [-0.3, -0.25) is 9.69 Å². The second kappa shape index (κ2) is 9.82. The number of methoxy groups -OCH3 is 1. The van der Waals surface area contributed by atoms with Crippen LogP contribution >= 0.6 is 0 Å². The van der Waals surface area contributed by atoms with Crippen LogP contribution in [0.5, 0.6) is 5.75 Å². The van der Waals surface area contributed by atoms with Crippen LogP contribution < -0.4 is 10.1 Å². The van der Waals surface area contributed by atoms with Gasteiger partial charge in [-0.25, -0.2) is 14.4 Å². The third-order valence-electron chi connectivity index (χ3n) is 5.55. The van der Waals surface area contributed by atoms with Gasteiger partial charge in [0, 0.05) is 17.1 Å². The molecule has 11 nitrogen and oxygen atoms in total. The summed E-state index contributed by atoms with van der Waals surface area (Å²) in [4.78, 5) is 48.6. The zero-order chi connectivity index (χ0) is 26.0. The molecule has 2 N–H and O–H groups in total. The number of amides is 3. The average molecular weight is 493 g/mol. The quantitative estimate of drug-likeness (QED) is 0.277. The van der Waals surface area contributed by atoms with E-state index in [1.54, 1.807) is 30.3 Å². The topological polar surface area (TPSA) is 140 Å². The molecule has 1 fully saturated rings. The number of carbonyl (C=O) groups is 4. The number of carboxylic acid groups (broad SMARTS) is 1. The van der Waals surface area contributed by atoms with Crippen LogP contribution in [0.4, 0.5) is 4.79 Å². The Balaban J connectivity index is 1.53. The van der Waals surface area contributed by atoms with Gasteiger partial charge in [-0.2, -0.15) is 0 Å². The summed E-state index contributed by atoms with van der Waals surface area (Å²) in [5.41, 5.74) is 3.37. The van der Waals surface area contributed by atoms with Crippen molar-refractivity contribution in [3.8, 4) is 11.4 Å². The maximum Gasteiger partial charge on any atom is 0.373 e. The van der Waals surface area contributed by atoms with Crippen molar-refractivity contribution in [3.05, 3.63) is 76.6 Å². The Hall–Kier alpha value is -4.80. The van der Waals surface area contributed by atoms with Crippen LogP contribution in [0.3, 0.4) is 0 Å². The van der Waals surface area contributed by atoms with E-state index in [1.807, 2.05) is 24.5 Å². The van der Waals surface area contributed by atoms with Crippen molar-refractivity contribution in [1.29, 1.82) is 0 Å². The molecule has 1 aliphatic rings. The van der Waals surface area contributed by atoms with Crippen molar-refractivity contribution in [2.24, 2.45) is 0 Å². The minimum Gasteiger partial charge on any atom is -0.482 e. The summed E-state index contributed by atoms with van der Waals surface area (Å²) in [6.45, 7) is 3.21. The van der Waals surface area contributed by atoms with Crippen LogP contribution in [0.15, 0.2) is 52.6 Å². The molecule has 0 bridgehead atoms. The van der Waals surface area contributed by atoms with Crippen LogP contribution in [0.1, 0.15) is 33.3 Å². The fourth-order valence-corrected chi connectivity index (χ4v) is 3.87. The fraction of sp³-hybridized carbons (Fsp3) is 0.200. The van der Waals surface area contributed by atoms with Gasteiger partial charge < -0.3 is 28.9 Å². The Morgan fingerprint density at radius 1 is 1.11 bits per heavy atom. The number of carboxylic acids is 1. The van der Waals surface area contributed by atoms with Gasteiger partial charge in [0.2, 0.25) is 5.76 Å². The highest BCUT2D eigenvalue weighted by atomic mass is 16.5. The third kappa shape index (κ3) is 4.85. The fourth-order valence-electron chi connectivity index (χ4n) is 3.87. The summed E-state index contributed by atoms with van der Waals surface area (Å²) in [5, 5.41) is 11.3. The predicted octanol–water partition coefficient (Wildman–Crippen LogP) is 3.03. The SMILES string of the molecule is COC(=O)c1ccc(CN2C(=O)NC(=Cc3cc(C)n(-c4ccc(OCC(=O)O)cc4)c3C)C2=O)o1. The van der Waals surface area contributed by atoms with Crippen LogP contribution in [0, 0.1) is 13.8 Å². The molecular weight excluding hydrogens is 470 g/mol. The molecule has 186 valence electrons. The number of carbonyl (C=O) groups excluding carboxylic acids is 3. The Kier molecular flexibility index (Phi) is 6.64. The summed E-state index contributed by atoms with van der Waals surface area (Å²) in [6, 6.07) is 11.1. The first-order valence-electron chi connectivity index (χ1n) is 10.8. The number of hydrogen-bond donors (Lipinski definition) is 2. The summed E-state index contributed by atoms with van der Waals surface area (Å²) < 4.78 is 17.1. The van der Waals surface area contributed by atoms with Gasteiger partial charge in [-0.05, 0) is 68.0 Å². The smallest absolute Gasteiger partial charge is 0.373 e. The minimum atomic E-state index is -1.06. The van der Waals surface area contributed by atoms with E-state index in [9.17, 15) is 19.2 Å². The summed E-state index contributed by atoms with van der Waals surface area (Å²) >= 11 is 0. The number of nitrogens with zero attached hydrogens (tertiary/aromatic N) is 2. The molecule has 3 heterocycles. The normalized spacial score (nSPS) is 14.3. The standard InChI is InChI=1S/C25H23N3O8/c1-14-10-16(15(2)28(14)17-4-6-18(7-5-17)35-13-22(29)30)11-20-23(31)27(25(33)26-20)12-19-8-9-21(36-19)24(32)34-3/h4-11H,12-13H2,1-3H3,(H,26,33)(H,29,30). The summed E-state index contributed by atoms with van der Waals surface area (Å²) in [6.07, 6.45) is 1.60. The average Bonchev–Trinajstić information content (AvgIpc) is 3.51. The first-order valence-corrected chi connectivity index (χ1v) is 10.8. The maximum atomic E-state index is 12.9. The van der Waals surface area contributed by atoms with Gasteiger partial charge in [-0.1, -0.05) is 0 Å². The van der Waals surface area contributed by atoms with Crippen molar-refractivity contribution < 1.29 is 38.2 Å². The molecule has 3 aromatic rings. The monoisotopic (exact) mass is 493 g/mol. The number of furan rings is 1. The molecule has 0 radical (unpaired) electrons. The Morgan fingerprint density at radius 2 is 1.83 bits per heavy atom. The molecule has 11 heteroatoms. The summed E-state index contributed by atoms with van der Waals surface area (Å²) in [7, 11) is 1.22. The Morgan fingerprint density at radius 3 is 2.50 bits per heavy atom. The minimum absolute atomic E-state index is 0.0239. The van der Waals surface area contributed by atoms with Gasteiger partial charge in [0.15, 0.2) is 6.61 Å². The molecule has 1 aromatic carbocycles. The van der Waals surface area contributed by atoms with E-state index >= 15 is 0 Å². The molecule has 0 spiro atoms. The number of nitrogens with one attached hydrogen (secondary N) is 1. The molecule has 0 atom stereocenters. The lowest BCUT2D eigenvalue weighted by Crippen LogP contribution is -2.30. The molecule has 4 rings (SSSR count). The van der Waals surface area contributed by atoms with E-state index in [0.717, 1.165) is 27.5 Å². The van der Waals surface area contributed by atoms with E-state index in [0.29, 0.717) is 5.75 Å². The number of aryl methyl sites for hydroxylation is 1. The molecule has 1 saturated heterocycles. The Labute approximate surface area is 205 Å². The number of ether oxygens (including phenoxy) is 2. The molecule has 2 aromatic heterocycles. The van der Waals surface area contributed by atoms with Crippen molar-refractivity contribution in [3.63, 3.8) is 0 Å². The molecule has 1 aliphatic heterocycles. The van der Waals surface area contributed by atoms with E-state index in [2.05, 4.69) is 10.1 Å². The predicted molar refractivity (Wildman–Crippen MR) is 125 cm³/mol. The van der Waals surface area contributed by atoms with Gasteiger partial charge >= 0.3 is 18.0 Å². The highest BCUT2D eigenvalue weighted by Gasteiger charge is 2.34. The number of rotatable bonds is 8. The number of esters is 1. The number of imide groups is 1. The lowest BCUT2D eigenvalue weighted by Gasteiger charge is -2.11. The lowest BCUT2D eigenvalue weighted by molar-refractivity contribution is -0.139. The number of benzene rings is 1. The zero-order valence-electron chi connectivity index (χ0n) is 19.7. The number of aliphatic carboxylic acids is 1. The van der Waals surface area contributed by atoms with Crippen LogP contribution in [0.25, 0.3) is 11.8 Å². The maximum absolute atomic E-state index is 12.9. The Bertz CT molecular complexity index is 1380. The largest absolute Gasteiger partial charge is 0.482 e. The first kappa shape index (κ1) is 24.3. The third-order valence-corrected chi connectivity index (χ3v) is 5.55. The highest BCUT2D eigenvalue weighted by Crippen LogP contribution is 2.26. The van der Waals surface area contributed by atoms with Gasteiger partial charge in [0.05, 0.1) is 13.7 Å². The van der Waals surface area contributed by atoms with Crippen molar-refractivity contribution >= 4 is 30.0 Å². The van der Waals surface area contributed by atoms with Gasteiger partial charge in [-0.15, -0.1) is 0 Å². The van der Waals surface area contributed by atoms with Crippen molar-refractivity contribution in [1.82, 2.24) is 14.8 Å². The van der Waals surface area contributed by atoms with Gasteiger partial charge in [0.1, 0.15) is 17.2 Å². The summed E-state index contributed by atoms with van der Waals surface area (Å²) in [5.74, 6) is -1.58. The second-order valence-electron chi connectivity index (χ2n) is 7.98. The molecular formula is C25H23N3O8. The molecule has 0 aliphatic carbocycles. The van der Waals surface area contributed by atoms with Crippen LogP contribution in [0.2, 0.25) is 0 Å². The number of hydrogen-bond acceptors (Lipinski definition) is 7. The van der Waals surface area contributed by atoms with E-state index in [1.165, 1.54) is 19.2 Å². The van der Waals surface area contributed by atoms with Crippen molar-refractivity contribution in [2.75, 3.05) is 13.7 Å². The van der Waals surface area contributed by atoms with Crippen molar-refractivity contribution in [2.45, 2.75) is 20.4 Å². The molecule has 36 heavy (non-hydrogen) atoms. The first-order chi connectivity index (χ1) is 17.2. The highest BCUT2D eigenvalue weighted by molar-refractivity contribution is 6.14. The van der Waals surface area contributed by atoms with E-state index in [-0.39, 0.29) is 23.8 Å². The van der Waals surface area contributed by atoms with E-state index < -0.39 is 30.5 Å². The number of urea groups is 1. The molecule has 0 saturated carbocycles. The number of aromatic nitrogens is 1. The molecule has 0 unspecified atom stereocenters. The zero-order valence-corrected chi connectivity index (χ0v) is 19.7. The van der Waals surface area contributed by atoms with Crippen LogP contribution in [-0.2, 0) is 20.9 Å². The molecule has 3 amide bonds. The van der Waals surface area contributed by atoms with Crippen LogP contribution in [-0.4, -0.2) is 52.2 Å². The second-order valence-corrected chi connectivity index (χ2v) is 7.98.